The van der Waals surface area contributed by atoms with E-state index in [-0.39, 0.29) is 30.2 Å². The van der Waals surface area contributed by atoms with Gasteiger partial charge in [-0.2, -0.15) is 5.10 Å². The molecule has 1 aromatic carbocycles. The summed E-state index contributed by atoms with van der Waals surface area (Å²) in [5.74, 6) is -0.562. The number of aliphatic hydroxyl groups is 1. The molecule has 0 unspecified atom stereocenters. The second-order valence-corrected chi connectivity index (χ2v) is 12.7. The van der Waals surface area contributed by atoms with Gasteiger partial charge in [-0.05, 0) is 81.2 Å². The molecule has 1 aliphatic carbocycles. The van der Waals surface area contributed by atoms with Crippen molar-refractivity contribution in [3.05, 3.63) is 47.4 Å². The van der Waals surface area contributed by atoms with Gasteiger partial charge in [-0.3, -0.25) is 4.68 Å². The zero-order valence-electron chi connectivity index (χ0n) is 26.4. The molecular weight excluding hydrogens is 563 g/mol. The van der Waals surface area contributed by atoms with Crippen molar-refractivity contribution in [2.24, 2.45) is 23.7 Å². The predicted octanol–water partition coefficient (Wildman–Crippen LogP) is 5.11. The third kappa shape index (κ3) is 9.08. The molecule has 0 radical (unpaired) electrons. The van der Waals surface area contributed by atoms with E-state index in [1.54, 1.807) is 11.1 Å². The Labute approximate surface area is 259 Å². The standard InChI is InChI=1S/C34H47FN4O5/c1-23(6-10-33(24(2)5-9-28(42)11-16-40)44-34(43)38-14-12-37(4)13-15-38)30(22-41)25(3)17-27-18-31(35)29-20-36-39(32(29)19-27)21-26-7-8-26/h6,10,16-20,22-24,26,28,30,33,42H,5,7-9,11-15,21H2,1-4H3/b10-6+,25-17+/t23-,24-,28+,30-,33-/m0/s1. The molecule has 1 saturated carbocycles. The number of aromatic nitrogens is 2. The van der Waals surface area contributed by atoms with Gasteiger partial charge in [0.1, 0.15) is 24.5 Å². The highest BCUT2D eigenvalue weighted by Crippen LogP contribution is 2.32. The molecule has 44 heavy (non-hydrogen) atoms. The lowest BCUT2D eigenvalue weighted by atomic mass is 9.86. The minimum atomic E-state index is -0.740. The monoisotopic (exact) mass is 610 g/mol. The van der Waals surface area contributed by atoms with Crippen LogP contribution in [0.15, 0.2) is 36.1 Å². The highest BCUT2D eigenvalue weighted by Gasteiger charge is 2.27. The lowest BCUT2D eigenvalue weighted by Gasteiger charge is -2.33. The summed E-state index contributed by atoms with van der Waals surface area (Å²) in [6, 6.07) is 3.40. The molecule has 240 valence electrons. The molecule has 1 aromatic heterocycles. The van der Waals surface area contributed by atoms with E-state index in [2.05, 4.69) is 10.00 Å². The number of aliphatic hydroxyl groups excluding tert-OH is 1. The topological polar surface area (TPSA) is 105 Å². The Morgan fingerprint density at radius 2 is 1.86 bits per heavy atom. The van der Waals surface area contributed by atoms with Crippen LogP contribution in [0, 0.1) is 29.5 Å². The van der Waals surface area contributed by atoms with Crippen LogP contribution < -0.4 is 0 Å². The Balaban J connectivity index is 1.48. The molecule has 2 heterocycles. The summed E-state index contributed by atoms with van der Waals surface area (Å²) < 4.78 is 22.8. The van der Waals surface area contributed by atoms with Gasteiger partial charge in [0.2, 0.25) is 0 Å². The van der Waals surface area contributed by atoms with Crippen LogP contribution in [0.4, 0.5) is 9.18 Å². The number of rotatable bonds is 15. The molecule has 4 rings (SSSR count). The number of carbonyl (C=O) groups excluding carboxylic acids is 3. The van der Waals surface area contributed by atoms with Crippen LogP contribution in [0.1, 0.15) is 58.4 Å². The average Bonchev–Trinajstić information content (AvgIpc) is 3.72. The highest BCUT2D eigenvalue weighted by atomic mass is 19.1. The second-order valence-electron chi connectivity index (χ2n) is 12.7. The van der Waals surface area contributed by atoms with Crippen molar-refractivity contribution in [3.63, 3.8) is 0 Å². The molecule has 1 amide bonds. The van der Waals surface area contributed by atoms with Gasteiger partial charge in [0.15, 0.2) is 0 Å². The Hall–Kier alpha value is -3.37. The SMILES string of the molecule is C/C(=C\c1cc(F)c2cnn(CC3CC3)c2c1)[C@@H](C=O)[C@@H](C)/C=C/[C@H](OC(=O)N1CCN(C)CC1)[C@@H](C)CC[C@@H](O)CC=O. The second kappa shape index (κ2) is 15.6. The van der Waals surface area contributed by atoms with E-state index >= 15 is 0 Å². The van der Waals surface area contributed by atoms with Gasteiger partial charge in [0, 0.05) is 45.1 Å². The van der Waals surface area contributed by atoms with Gasteiger partial charge < -0.3 is 29.2 Å². The molecule has 1 saturated heterocycles. The quantitative estimate of drug-likeness (QED) is 0.221. The summed E-state index contributed by atoms with van der Waals surface area (Å²) >= 11 is 0. The number of halogens is 1. The third-order valence-electron chi connectivity index (χ3n) is 8.98. The maximum absolute atomic E-state index is 15.0. The number of carbonyl (C=O) groups is 3. The summed E-state index contributed by atoms with van der Waals surface area (Å²) in [5, 5.41) is 15.0. The van der Waals surface area contributed by atoms with Crippen molar-refractivity contribution in [2.75, 3.05) is 33.2 Å². The van der Waals surface area contributed by atoms with Gasteiger partial charge in [0.25, 0.3) is 0 Å². The zero-order valence-corrected chi connectivity index (χ0v) is 26.4. The first-order valence-corrected chi connectivity index (χ1v) is 15.8. The van der Waals surface area contributed by atoms with E-state index in [9.17, 15) is 23.9 Å². The van der Waals surface area contributed by atoms with Crippen molar-refractivity contribution in [1.82, 2.24) is 19.6 Å². The van der Waals surface area contributed by atoms with Crippen LogP contribution in [0.2, 0.25) is 0 Å². The molecule has 1 aliphatic heterocycles. The average molecular weight is 611 g/mol. The Morgan fingerprint density at radius 1 is 1.14 bits per heavy atom. The maximum atomic E-state index is 15.0. The summed E-state index contributed by atoms with van der Waals surface area (Å²) in [4.78, 5) is 40.0. The molecule has 10 heteroatoms. The predicted molar refractivity (Wildman–Crippen MR) is 168 cm³/mol. The first-order chi connectivity index (χ1) is 21.1. The van der Waals surface area contributed by atoms with Gasteiger partial charge in [-0.25, -0.2) is 9.18 Å². The summed E-state index contributed by atoms with van der Waals surface area (Å²) in [7, 11) is 2.02. The number of fused-ring (bicyclic) bond motifs is 1. The largest absolute Gasteiger partial charge is 0.442 e. The highest BCUT2D eigenvalue weighted by molar-refractivity contribution is 5.82. The number of likely N-dealkylation sites (N-methyl/N-ethyl adjacent to an activating group) is 1. The van der Waals surface area contributed by atoms with E-state index in [4.69, 9.17) is 4.74 Å². The Kier molecular flexibility index (Phi) is 11.9. The lowest BCUT2D eigenvalue weighted by Crippen LogP contribution is -2.48. The first kappa shape index (κ1) is 33.5. The van der Waals surface area contributed by atoms with Gasteiger partial charge in [-0.15, -0.1) is 0 Å². The van der Waals surface area contributed by atoms with Crippen LogP contribution in [0.5, 0.6) is 0 Å². The van der Waals surface area contributed by atoms with Gasteiger partial charge in [0.05, 0.1) is 23.2 Å². The van der Waals surface area contributed by atoms with Crippen LogP contribution in [-0.2, 0) is 20.9 Å². The number of aldehydes is 2. The summed E-state index contributed by atoms with van der Waals surface area (Å²) in [6.45, 7) is 9.24. The summed E-state index contributed by atoms with van der Waals surface area (Å²) in [6.07, 6.45) is 10.4. The minimum Gasteiger partial charge on any atom is -0.442 e. The lowest BCUT2D eigenvalue weighted by molar-refractivity contribution is -0.111. The van der Waals surface area contributed by atoms with E-state index < -0.39 is 18.1 Å². The van der Waals surface area contributed by atoms with E-state index in [0.717, 1.165) is 37.0 Å². The zero-order chi connectivity index (χ0) is 31.8. The van der Waals surface area contributed by atoms with E-state index in [1.807, 2.05) is 56.8 Å². The number of hydrogen-bond donors (Lipinski definition) is 1. The molecule has 5 atom stereocenters. The maximum Gasteiger partial charge on any atom is 0.410 e. The number of ether oxygens (including phenoxy) is 1. The molecule has 0 bridgehead atoms. The van der Waals surface area contributed by atoms with Gasteiger partial charge in [-0.1, -0.05) is 31.6 Å². The first-order valence-electron chi connectivity index (χ1n) is 15.8. The van der Waals surface area contributed by atoms with E-state index in [0.29, 0.717) is 49.1 Å². The van der Waals surface area contributed by atoms with Crippen molar-refractivity contribution >= 4 is 35.6 Å². The number of piperazine rings is 1. The minimum absolute atomic E-state index is 0.0671. The molecule has 1 N–H and O–H groups in total. The van der Waals surface area contributed by atoms with Crippen LogP contribution in [0.3, 0.4) is 0 Å². The number of benzene rings is 1. The van der Waals surface area contributed by atoms with Gasteiger partial charge >= 0.3 is 6.09 Å². The number of allylic oxidation sites excluding steroid dienone is 2. The van der Waals surface area contributed by atoms with Crippen LogP contribution in [0.25, 0.3) is 17.0 Å². The molecule has 2 aliphatic rings. The number of amides is 1. The molecular formula is C34H47FN4O5. The Morgan fingerprint density at radius 3 is 2.52 bits per heavy atom. The molecule has 9 nitrogen and oxygen atoms in total. The van der Waals surface area contributed by atoms with Crippen molar-refractivity contribution in [1.29, 1.82) is 0 Å². The molecule has 2 fully saturated rings. The number of nitrogens with zero attached hydrogens (tertiary/aromatic N) is 4. The normalized spacial score (nSPS) is 20.0. The fraction of sp³-hybridized carbons (Fsp3) is 0.588. The van der Waals surface area contributed by atoms with Crippen molar-refractivity contribution in [3.8, 4) is 0 Å². The molecule has 0 spiro atoms. The van der Waals surface area contributed by atoms with E-state index in [1.165, 1.54) is 18.9 Å². The number of hydrogen-bond acceptors (Lipinski definition) is 7. The molecule has 2 aromatic rings. The third-order valence-corrected chi connectivity index (χ3v) is 8.98. The van der Waals surface area contributed by atoms with Crippen molar-refractivity contribution < 1.29 is 28.6 Å². The van der Waals surface area contributed by atoms with Crippen molar-refractivity contribution in [2.45, 2.75) is 71.6 Å². The smallest absolute Gasteiger partial charge is 0.410 e. The summed E-state index contributed by atoms with van der Waals surface area (Å²) in [5.41, 5.74) is 2.22. The fourth-order valence-corrected chi connectivity index (χ4v) is 5.71. The Bertz CT molecular complexity index is 1340. The van der Waals surface area contributed by atoms with Crippen LogP contribution in [-0.4, -0.2) is 88.8 Å². The van der Waals surface area contributed by atoms with Crippen LogP contribution >= 0.6 is 0 Å². The fourth-order valence-electron chi connectivity index (χ4n) is 5.71.